The summed E-state index contributed by atoms with van der Waals surface area (Å²) in [6.07, 6.45) is 14.6. The maximum absolute atomic E-state index is 14.1. The van der Waals surface area contributed by atoms with Crippen molar-refractivity contribution in [2.24, 2.45) is 5.73 Å². The van der Waals surface area contributed by atoms with Crippen molar-refractivity contribution in [2.75, 3.05) is 18.0 Å². The molecule has 1 aliphatic carbocycles. The molecule has 8 heteroatoms. The third-order valence-electron chi connectivity index (χ3n) is 9.79. The molecule has 0 amide bonds. The highest BCUT2D eigenvalue weighted by Gasteiger charge is 2.45. The lowest BCUT2D eigenvalue weighted by Crippen LogP contribution is -2.56. The first-order valence-corrected chi connectivity index (χ1v) is 14.5. The van der Waals surface area contributed by atoms with E-state index in [1.54, 1.807) is 0 Å². The zero-order valence-corrected chi connectivity index (χ0v) is 21.9. The number of rotatable bonds is 4. The van der Waals surface area contributed by atoms with Crippen molar-refractivity contribution in [3.05, 3.63) is 34.6 Å². The fourth-order valence-electron chi connectivity index (χ4n) is 7.77. The number of carboxylic acids is 1. The van der Waals surface area contributed by atoms with Crippen molar-refractivity contribution >= 4 is 22.8 Å². The fraction of sp³-hybridized carbons (Fsp3) is 0.690. The molecule has 0 spiro atoms. The molecule has 8 nitrogen and oxygen atoms in total. The van der Waals surface area contributed by atoms with Gasteiger partial charge in [0.2, 0.25) is 0 Å². The quantitative estimate of drug-likeness (QED) is 0.643. The van der Waals surface area contributed by atoms with E-state index < -0.39 is 11.5 Å². The van der Waals surface area contributed by atoms with Crippen LogP contribution in [0.5, 0.6) is 0 Å². The zero-order chi connectivity index (χ0) is 25.6. The summed E-state index contributed by atoms with van der Waals surface area (Å²) in [4.78, 5) is 35.3. The molecular weight excluding hydrogens is 466 g/mol. The second kappa shape index (κ2) is 10.0. The zero-order valence-electron chi connectivity index (χ0n) is 21.9. The predicted molar refractivity (Wildman–Crippen MR) is 145 cm³/mol. The van der Waals surface area contributed by atoms with Gasteiger partial charge in [0.1, 0.15) is 5.54 Å². The van der Waals surface area contributed by atoms with Gasteiger partial charge in [-0.3, -0.25) is 14.5 Å². The standard InChI is InChI=1S/C29H41N5O3/c30-29(28(36)37)14-16-32(17-15-29)26-27(35)34(25-11-7-6-10-24(25)31-26)23-18-21-12-13-22(19-23)33(21)20-8-4-2-1-3-5-9-20/h6-7,10-11,20-23H,1-5,8-9,12-19,30H2,(H,36,37)/t21-,22+,23?. The van der Waals surface area contributed by atoms with Crippen molar-refractivity contribution in [1.82, 2.24) is 14.5 Å². The summed E-state index contributed by atoms with van der Waals surface area (Å²) in [5.74, 6) is -0.525. The smallest absolute Gasteiger partial charge is 0.323 e. The molecule has 4 aliphatic rings. The Hall–Kier alpha value is -2.45. The van der Waals surface area contributed by atoms with Crippen LogP contribution in [-0.4, -0.2) is 62.3 Å². The summed E-state index contributed by atoms with van der Waals surface area (Å²) >= 11 is 0. The van der Waals surface area contributed by atoms with E-state index in [0.717, 1.165) is 23.9 Å². The first kappa shape index (κ1) is 24.9. The molecule has 0 radical (unpaired) electrons. The van der Waals surface area contributed by atoms with Gasteiger partial charge >= 0.3 is 5.97 Å². The van der Waals surface area contributed by atoms with Crippen molar-refractivity contribution < 1.29 is 9.90 Å². The molecule has 37 heavy (non-hydrogen) atoms. The highest BCUT2D eigenvalue weighted by molar-refractivity contribution is 5.79. The van der Waals surface area contributed by atoms with E-state index in [1.165, 1.54) is 57.8 Å². The van der Waals surface area contributed by atoms with E-state index >= 15 is 0 Å². The number of carbonyl (C=O) groups is 1. The minimum Gasteiger partial charge on any atom is -0.480 e. The number of aromatic nitrogens is 2. The molecule has 3 saturated heterocycles. The number of benzene rings is 1. The van der Waals surface area contributed by atoms with E-state index in [1.807, 2.05) is 33.7 Å². The van der Waals surface area contributed by atoms with Crippen LogP contribution in [-0.2, 0) is 4.79 Å². The Morgan fingerprint density at radius 3 is 2.16 bits per heavy atom. The Kier molecular flexibility index (Phi) is 6.74. The van der Waals surface area contributed by atoms with Gasteiger partial charge in [-0.25, -0.2) is 4.98 Å². The van der Waals surface area contributed by atoms with Gasteiger partial charge in [-0.05, 0) is 63.5 Å². The summed E-state index contributed by atoms with van der Waals surface area (Å²) < 4.78 is 2.04. The van der Waals surface area contributed by atoms with Crippen LogP contribution < -0.4 is 16.2 Å². The number of nitrogens with zero attached hydrogens (tertiary/aromatic N) is 4. The van der Waals surface area contributed by atoms with E-state index in [-0.39, 0.29) is 11.6 Å². The number of nitrogens with two attached hydrogens (primary N) is 1. The summed E-state index contributed by atoms with van der Waals surface area (Å²) in [7, 11) is 0. The summed E-state index contributed by atoms with van der Waals surface area (Å²) in [5, 5.41) is 9.54. The monoisotopic (exact) mass is 507 g/mol. The largest absolute Gasteiger partial charge is 0.480 e. The van der Waals surface area contributed by atoms with Gasteiger partial charge in [0.15, 0.2) is 5.82 Å². The number of anilines is 1. The van der Waals surface area contributed by atoms with Crippen LogP contribution in [0.4, 0.5) is 5.82 Å². The average molecular weight is 508 g/mol. The maximum atomic E-state index is 14.1. The van der Waals surface area contributed by atoms with Crippen LogP contribution in [0.15, 0.2) is 29.1 Å². The molecule has 4 fully saturated rings. The number of hydrogen-bond acceptors (Lipinski definition) is 6. The highest BCUT2D eigenvalue weighted by Crippen LogP contribution is 2.44. The van der Waals surface area contributed by atoms with Gasteiger partial charge in [-0.1, -0.05) is 44.2 Å². The van der Waals surface area contributed by atoms with E-state index in [9.17, 15) is 14.7 Å². The molecule has 3 aliphatic heterocycles. The molecule has 4 heterocycles. The molecule has 6 rings (SSSR count). The summed E-state index contributed by atoms with van der Waals surface area (Å²) in [6, 6.07) is 9.97. The molecule has 1 saturated carbocycles. The van der Waals surface area contributed by atoms with Crippen molar-refractivity contribution in [1.29, 1.82) is 0 Å². The van der Waals surface area contributed by atoms with Gasteiger partial charge in [-0.15, -0.1) is 0 Å². The lowest BCUT2D eigenvalue weighted by atomic mass is 9.89. The fourth-order valence-corrected chi connectivity index (χ4v) is 7.77. The molecule has 1 aromatic heterocycles. The van der Waals surface area contributed by atoms with Gasteiger partial charge in [0, 0.05) is 37.3 Å². The number of piperidine rings is 2. The Morgan fingerprint density at radius 1 is 0.892 bits per heavy atom. The third-order valence-corrected chi connectivity index (χ3v) is 9.79. The van der Waals surface area contributed by atoms with E-state index in [4.69, 9.17) is 10.7 Å². The van der Waals surface area contributed by atoms with Crippen molar-refractivity contribution in [2.45, 2.75) is 113 Å². The first-order valence-electron chi connectivity index (χ1n) is 14.5. The molecule has 1 aromatic carbocycles. The predicted octanol–water partition coefficient (Wildman–Crippen LogP) is 4.06. The summed E-state index contributed by atoms with van der Waals surface area (Å²) in [5.41, 5.74) is 6.59. The third kappa shape index (κ3) is 4.56. The van der Waals surface area contributed by atoms with Crippen molar-refractivity contribution in [3.63, 3.8) is 0 Å². The number of aliphatic carboxylic acids is 1. The average Bonchev–Trinajstić information content (AvgIpc) is 3.13. The van der Waals surface area contributed by atoms with Gasteiger partial charge in [0.05, 0.1) is 11.0 Å². The number of carboxylic acid groups (broad SMARTS) is 1. The number of para-hydroxylation sites is 2. The molecule has 3 N–H and O–H groups in total. The van der Waals surface area contributed by atoms with Crippen LogP contribution in [0.25, 0.3) is 11.0 Å². The Morgan fingerprint density at radius 2 is 1.51 bits per heavy atom. The number of fused-ring (bicyclic) bond motifs is 3. The van der Waals surface area contributed by atoms with Gasteiger partial charge in [0.25, 0.3) is 5.56 Å². The summed E-state index contributed by atoms with van der Waals surface area (Å²) in [6.45, 7) is 0.851. The van der Waals surface area contributed by atoms with E-state index in [0.29, 0.717) is 49.9 Å². The van der Waals surface area contributed by atoms with Gasteiger partial charge < -0.3 is 20.3 Å². The van der Waals surface area contributed by atoms with Crippen molar-refractivity contribution in [3.8, 4) is 0 Å². The van der Waals surface area contributed by atoms with Crippen LogP contribution in [0.1, 0.15) is 89.5 Å². The highest BCUT2D eigenvalue weighted by atomic mass is 16.4. The SMILES string of the molecule is NC1(C(=O)O)CCN(c2nc3ccccc3n(C3C[C@H]4CC[C@@H](C3)N4C3CCCCCCC3)c2=O)CC1. The normalized spacial score (nSPS) is 29.2. The second-order valence-electron chi connectivity index (χ2n) is 12.0. The molecule has 2 bridgehead atoms. The van der Waals surface area contributed by atoms with Gasteiger partial charge in [-0.2, -0.15) is 0 Å². The topological polar surface area (TPSA) is 105 Å². The van der Waals surface area contributed by atoms with Crippen LogP contribution >= 0.6 is 0 Å². The van der Waals surface area contributed by atoms with E-state index in [2.05, 4.69) is 4.90 Å². The molecule has 3 atom stereocenters. The Bertz CT molecular complexity index is 1180. The lowest BCUT2D eigenvalue weighted by molar-refractivity contribution is -0.144. The molecule has 1 unspecified atom stereocenters. The Labute approximate surface area is 218 Å². The molecular formula is C29H41N5O3. The lowest BCUT2D eigenvalue weighted by Gasteiger charge is -2.45. The molecule has 2 aromatic rings. The maximum Gasteiger partial charge on any atom is 0.323 e. The minimum absolute atomic E-state index is 0.0395. The van der Waals surface area contributed by atoms with Crippen LogP contribution in [0.3, 0.4) is 0 Å². The molecule has 200 valence electrons. The van der Waals surface area contributed by atoms with Crippen LogP contribution in [0, 0.1) is 0 Å². The minimum atomic E-state index is -1.23. The number of hydrogen-bond donors (Lipinski definition) is 2. The Balaban J connectivity index is 1.30. The van der Waals surface area contributed by atoms with Crippen LogP contribution in [0.2, 0.25) is 0 Å². The first-order chi connectivity index (χ1) is 17.9. The second-order valence-corrected chi connectivity index (χ2v) is 12.0.